The number of carbonyl (C=O) groups excluding carboxylic acids is 1. The third-order valence-corrected chi connectivity index (χ3v) is 4.97. The van der Waals surface area contributed by atoms with E-state index in [-0.39, 0.29) is 35.7 Å². The second-order valence-electron chi connectivity index (χ2n) is 8.52. The summed E-state index contributed by atoms with van der Waals surface area (Å²) in [6.45, 7) is 10.4. The van der Waals surface area contributed by atoms with Gasteiger partial charge in [0.2, 0.25) is 0 Å². The Morgan fingerprint density at radius 3 is 2.59 bits per heavy atom. The molecule has 0 aliphatic heterocycles. The summed E-state index contributed by atoms with van der Waals surface area (Å²) in [6.07, 6.45) is 0.840. The van der Waals surface area contributed by atoms with Crippen molar-refractivity contribution in [2.75, 3.05) is 0 Å². The third-order valence-electron chi connectivity index (χ3n) is 4.97. The fourth-order valence-electron chi connectivity index (χ4n) is 2.96. The molecule has 0 bridgehead atoms. The first-order chi connectivity index (χ1) is 12.7. The van der Waals surface area contributed by atoms with Crippen LogP contribution in [-0.4, -0.2) is 38.4 Å². The highest BCUT2D eigenvalue weighted by atomic mass is 16.5. The van der Waals surface area contributed by atoms with Crippen LogP contribution in [0.15, 0.2) is 30.3 Å². The van der Waals surface area contributed by atoms with Crippen molar-refractivity contribution in [3.8, 4) is 5.75 Å². The molecule has 0 spiro atoms. The van der Waals surface area contributed by atoms with Crippen LogP contribution in [0.3, 0.4) is 0 Å². The molecule has 1 aromatic carbocycles. The van der Waals surface area contributed by atoms with Gasteiger partial charge in [0, 0.05) is 17.9 Å². The number of urea groups is 1. The van der Waals surface area contributed by atoms with Crippen molar-refractivity contribution < 1.29 is 9.53 Å². The van der Waals surface area contributed by atoms with Gasteiger partial charge in [-0.3, -0.25) is 0 Å². The fourth-order valence-corrected chi connectivity index (χ4v) is 2.96. The lowest BCUT2D eigenvalue weighted by Crippen LogP contribution is -2.64. The number of hydrogen-bond acceptors (Lipinski definition) is 5. The van der Waals surface area contributed by atoms with E-state index in [2.05, 4.69) is 39.9 Å². The Bertz CT molecular complexity index is 781. The molecule has 2 amide bonds. The number of hydrogen-bond donors (Lipinski definition) is 2. The largest absolute Gasteiger partial charge is 0.490 e. The molecule has 146 valence electrons. The standard InChI is InChI=1S/C19H28N6O2/c1-18(2,3)25-23-16(22-24-25)12-20-17(26)21-14-11-15(19(14,4)5)27-13-9-7-6-8-10-13/h6-10,14-15H,11-12H2,1-5H3,(H2,20,21,26)/t14-,15+/m0/s1. The molecule has 0 saturated heterocycles. The van der Waals surface area contributed by atoms with E-state index in [0.717, 1.165) is 12.2 Å². The molecular weight excluding hydrogens is 344 g/mol. The zero-order valence-corrected chi connectivity index (χ0v) is 16.6. The van der Waals surface area contributed by atoms with Crippen molar-refractivity contribution in [1.29, 1.82) is 0 Å². The lowest BCUT2D eigenvalue weighted by Gasteiger charge is -2.51. The van der Waals surface area contributed by atoms with Crippen LogP contribution in [0, 0.1) is 5.41 Å². The number of carbonyl (C=O) groups is 1. The zero-order valence-electron chi connectivity index (χ0n) is 16.6. The molecule has 1 aliphatic rings. The van der Waals surface area contributed by atoms with E-state index in [9.17, 15) is 4.79 Å². The number of ether oxygens (including phenoxy) is 1. The highest BCUT2D eigenvalue weighted by molar-refractivity contribution is 5.74. The summed E-state index contributed by atoms with van der Waals surface area (Å²) in [4.78, 5) is 13.8. The average molecular weight is 372 g/mol. The SMILES string of the molecule is CC1(C)[C@@H](NC(=O)NCc2nnn(C(C)(C)C)n2)C[C@H]1Oc1ccccc1. The predicted molar refractivity (Wildman–Crippen MR) is 101 cm³/mol. The number of tetrazole rings is 1. The van der Waals surface area contributed by atoms with Gasteiger partial charge in [0.15, 0.2) is 5.82 Å². The van der Waals surface area contributed by atoms with Gasteiger partial charge in [0.25, 0.3) is 0 Å². The van der Waals surface area contributed by atoms with Crippen molar-refractivity contribution in [3.63, 3.8) is 0 Å². The van der Waals surface area contributed by atoms with Gasteiger partial charge in [-0.2, -0.15) is 4.80 Å². The van der Waals surface area contributed by atoms with Gasteiger partial charge in [0.05, 0.1) is 12.1 Å². The molecule has 8 heteroatoms. The van der Waals surface area contributed by atoms with Gasteiger partial charge in [-0.15, -0.1) is 10.2 Å². The highest BCUT2D eigenvalue weighted by Gasteiger charge is 2.50. The van der Waals surface area contributed by atoms with Crippen molar-refractivity contribution in [1.82, 2.24) is 30.8 Å². The molecule has 1 aromatic heterocycles. The number of amides is 2. The molecule has 1 heterocycles. The molecule has 2 N–H and O–H groups in total. The minimum absolute atomic E-state index is 0.0458. The summed E-state index contributed by atoms with van der Waals surface area (Å²) in [7, 11) is 0. The van der Waals surface area contributed by atoms with Crippen molar-refractivity contribution >= 4 is 6.03 Å². The van der Waals surface area contributed by atoms with Crippen LogP contribution >= 0.6 is 0 Å². The zero-order chi connectivity index (χ0) is 19.7. The highest BCUT2D eigenvalue weighted by Crippen LogP contribution is 2.43. The van der Waals surface area contributed by atoms with Crippen LogP contribution in [-0.2, 0) is 12.1 Å². The second-order valence-corrected chi connectivity index (χ2v) is 8.52. The molecular formula is C19H28N6O2. The summed E-state index contributed by atoms with van der Waals surface area (Å²) < 4.78 is 6.04. The average Bonchev–Trinajstić information content (AvgIpc) is 3.09. The first kappa shape index (κ1) is 19.1. The molecule has 0 radical (unpaired) electrons. The minimum atomic E-state index is -0.239. The first-order valence-electron chi connectivity index (χ1n) is 9.22. The molecule has 1 saturated carbocycles. The van der Waals surface area contributed by atoms with E-state index in [1.807, 2.05) is 51.1 Å². The summed E-state index contributed by atoms with van der Waals surface area (Å²) >= 11 is 0. The number of para-hydroxylation sites is 1. The number of rotatable bonds is 5. The van der Waals surface area contributed by atoms with Gasteiger partial charge >= 0.3 is 6.03 Å². The number of nitrogens with one attached hydrogen (secondary N) is 2. The Kier molecular flexibility index (Phi) is 5.08. The molecule has 0 unspecified atom stereocenters. The molecule has 8 nitrogen and oxygen atoms in total. The van der Waals surface area contributed by atoms with E-state index >= 15 is 0 Å². The quantitative estimate of drug-likeness (QED) is 0.841. The van der Waals surface area contributed by atoms with E-state index in [1.165, 1.54) is 0 Å². The van der Waals surface area contributed by atoms with E-state index in [0.29, 0.717) is 5.82 Å². The minimum Gasteiger partial charge on any atom is -0.490 e. The smallest absolute Gasteiger partial charge is 0.315 e. The predicted octanol–water partition coefficient (Wildman–Crippen LogP) is 2.47. The fraction of sp³-hybridized carbons (Fsp3) is 0.579. The lowest BCUT2D eigenvalue weighted by atomic mass is 9.64. The van der Waals surface area contributed by atoms with Gasteiger partial charge in [-0.25, -0.2) is 4.79 Å². The first-order valence-corrected chi connectivity index (χ1v) is 9.22. The van der Waals surface area contributed by atoms with Crippen LogP contribution in [0.1, 0.15) is 46.9 Å². The van der Waals surface area contributed by atoms with Crippen molar-refractivity contribution in [3.05, 3.63) is 36.2 Å². The molecule has 27 heavy (non-hydrogen) atoms. The maximum absolute atomic E-state index is 12.2. The van der Waals surface area contributed by atoms with Crippen LogP contribution in [0.5, 0.6) is 5.75 Å². The third kappa shape index (κ3) is 4.37. The second kappa shape index (κ2) is 7.17. The van der Waals surface area contributed by atoms with Crippen molar-refractivity contribution in [2.45, 2.75) is 65.3 Å². The van der Waals surface area contributed by atoms with Gasteiger partial charge in [-0.05, 0) is 38.1 Å². The summed E-state index contributed by atoms with van der Waals surface area (Å²) in [6, 6.07) is 9.57. The Labute approximate surface area is 159 Å². The topological polar surface area (TPSA) is 94.0 Å². The summed E-state index contributed by atoms with van der Waals surface area (Å²) in [5, 5.41) is 18.1. The molecule has 2 atom stereocenters. The number of benzene rings is 1. The normalized spacial score (nSPS) is 21.2. The molecule has 2 aromatic rings. The summed E-state index contributed by atoms with van der Waals surface area (Å²) in [5.41, 5.74) is -0.391. The lowest BCUT2D eigenvalue weighted by molar-refractivity contribution is -0.0500. The van der Waals surface area contributed by atoms with Crippen LogP contribution < -0.4 is 15.4 Å². The van der Waals surface area contributed by atoms with Crippen LogP contribution in [0.4, 0.5) is 4.79 Å². The number of nitrogens with zero attached hydrogens (tertiary/aromatic N) is 4. The Morgan fingerprint density at radius 1 is 1.30 bits per heavy atom. The van der Waals surface area contributed by atoms with E-state index in [1.54, 1.807) is 4.80 Å². The van der Waals surface area contributed by atoms with Crippen LogP contribution in [0.2, 0.25) is 0 Å². The van der Waals surface area contributed by atoms with Gasteiger partial charge in [-0.1, -0.05) is 32.0 Å². The maximum Gasteiger partial charge on any atom is 0.315 e. The Hall–Kier alpha value is -2.64. The maximum atomic E-state index is 12.2. The van der Waals surface area contributed by atoms with E-state index in [4.69, 9.17) is 4.74 Å². The van der Waals surface area contributed by atoms with Gasteiger partial charge in [0.1, 0.15) is 11.9 Å². The summed E-state index contributed by atoms with van der Waals surface area (Å²) in [5.74, 6) is 1.34. The Balaban J connectivity index is 1.47. The van der Waals surface area contributed by atoms with Gasteiger partial charge < -0.3 is 15.4 Å². The monoisotopic (exact) mass is 372 g/mol. The molecule has 1 fully saturated rings. The van der Waals surface area contributed by atoms with Crippen LogP contribution in [0.25, 0.3) is 0 Å². The van der Waals surface area contributed by atoms with Crippen molar-refractivity contribution in [2.24, 2.45) is 5.41 Å². The number of aromatic nitrogens is 4. The molecule has 1 aliphatic carbocycles. The van der Waals surface area contributed by atoms with E-state index < -0.39 is 0 Å². The molecule has 3 rings (SSSR count). The Morgan fingerprint density at radius 2 is 2.00 bits per heavy atom.